The number of nitrogens with one attached hydrogen (secondary N) is 1. The molecule has 0 unspecified atom stereocenters. The molecule has 6 nitrogen and oxygen atoms in total. The van der Waals surface area contributed by atoms with Crippen LogP contribution >= 0.6 is 11.6 Å². The van der Waals surface area contributed by atoms with E-state index in [0.29, 0.717) is 23.3 Å². The first-order valence-corrected chi connectivity index (χ1v) is 8.87. The van der Waals surface area contributed by atoms with Crippen molar-refractivity contribution in [3.63, 3.8) is 0 Å². The van der Waals surface area contributed by atoms with Crippen molar-refractivity contribution < 1.29 is 19.1 Å². The number of rotatable bonds is 6. The van der Waals surface area contributed by atoms with Crippen LogP contribution in [-0.2, 0) is 10.3 Å². The lowest BCUT2D eigenvalue weighted by molar-refractivity contribution is -0.131. The molecule has 1 N–H and O–H groups in total. The van der Waals surface area contributed by atoms with Crippen LogP contribution in [0.25, 0.3) is 0 Å². The van der Waals surface area contributed by atoms with E-state index in [1.807, 2.05) is 13.0 Å². The molecule has 27 heavy (non-hydrogen) atoms. The molecular weight excluding hydrogens is 368 g/mol. The predicted molar refractivity (Wildman–Crippen MR) is 101 cm³/mol. The molecule has 0 spiro atoms. The highest BCUT2D eigenvalue weighted by Gasteiger charge is 2.51. The van der Waals surface area contributed by atoms with Crippen molar-refractivity contribution in [1.29, 1.82) is 0 Å². The molecule has 1 heterocycles. The number of amides is 3. The number of hydrogen-bond acceptors (Lipinski definition) is 4. The Balaban J connectivity index is 1.85. The monoisotopic (exact) mass is 386 g/mol. The number of methoxy groups -OCH3 is 1. The minimum Gasteiger partial charge on any atom is -0.495 e. The predicted octanol–water partition coefficient (Wildman–Crippen LogP) is 3.39. The Morgan fingerprint density at radius 2 is 1.89 bits per heavy atom. The second-order valence-electron chi connectivity index (χ2n) is 6.22. The highest BCUT2D eigenvalue weighted by Crippen LogP contribution is 2.32. The van der Waals surface area contributed by atoms with E-state index in [4.69, 9.17) is 16.3 Å². The average molecular weight is 387 g/mol. The van der Waals surface area contributed by atoms with E-state index < -0.39 is 17.5 Å². The molecule has 2 aromatic rings. The summed E-state index contributed by atoms with van der Waals surface area (Å²) in [7, 11) is 1.48. The van der Waals surface area contributed by atoms with Gasteiger partial charge in [-0.15, -0.1) is 0 Å². The van der Waals surface area contributed by atoms with Gasteiger partial charge in [0.15, 0.2) is 5.78 Å². The number of carbonyl (C=O) groups excluding carboxylic acids is 3. The first-order valence-electron chi connectivity index (χ1n) is 8.49. The molecule has 0 bridgehead atoms. The van der Waals surface area contributed by atoms with Gasteiger partial charge >= 0.3 is 6.03 Å². The SMILES string of the molecule is CC[C@@]1(c2ccccc2)NC(=O)N(CC(=O)c2ccc(OC)c(Cl)c2)C1=O. The van der Waals surface area contributed by atoms with Gasteiger partial charge in [0, 0.05) is 5.56 Å². The Bertz CT molecular complexity index is 900. The van der Waals surface area contributed by atoms with E-state index >= 15 is 0 Å². The lowest BCUT2D eigenvalue weighted by Gasteiger charge is -2.25. The van der Waals surface area contributed by atoms with E-state index in [0.717, 1.165) is 4.90 Å². The summed E-state index contributed by atoms with van der Waals surface area (Å²) in [5.41, 5.74) is -0.167. The van der Waals surface area contributed by atoms with E-state index in [1.54, 1.807) is 36.4 Å². The number of halogens is 1. The Kier molecular flexibility index (Phi) is 5.19. The fourth-order valence-corrected chi connectivity index (χ4v) is 3.46. The molecule has 0 aliphatic carbocycles. The minimum atomic E-state index is -1.16. The molecule has 0 aromatic heterocycles. The van der Waals surface area contributed by atoms with Crippen molar-refractivity contribution in [3.05, 3.63) is 64.7 Å². The summed E-state index contributed by atoms with van der Waals surface area (Å²) < 4.78 is 5.07. The Hall–Kier alpha value is -2.86. The molecular formula is C20H19ClN2O4. The molecule has 1 saturated heterocycles. The second-order valence-corrected chi connectivity index (χ2v) is 6.63. The molecule has 140 valence electrons. The van der Waals surface area contributed by atoms with Crippen LogP contribution in [0.15, 0.2) is 48.5 Å². The van der Waals surface area contributed by atoms with Crippen LogP contribution in [0.3, 0.4) is 0 Å². The van der Waals surface area contributed by atoms with E-state index in [-0.39, 0.29) is 17.4 Å². The molecule has 0 saturated carbocycles. The number of hydrogen-bond donors (Lipinski definition) is 1. The van der Waals surface area contributed by atoms with Crippen LogP contribution in [0.4, 0.5) is 4.79 Å². The summed E-state index contributed by atoms with van der Waals surface area (Å²) in [6, 6.07) is 13.0. The van der Waals surface area contributed by atoms with E-state index in [1.165, 1.54) is 13.2 Å². The maximum absolute atomic E-state index is 13.0. The van der Waals surface area contributed by atoms with Crippen LogP contribution in [0, 0.1) is 0 Å². The highest BCUT2D eigenvalue weighted by molar-refractivity contribution is 6.32. The quantitative estimate of drug-likeness (QED) is 0.610. The highest BCUT2D eigenvalue weighted by atomic mass is 35.5. The van der Waals surface area contributed by atoms with Crippen LogP contribution in [0.5, 0.6) is 5.75 Å². The smallest absolute Gasteiger partial charge is 0.325 e. The first-order chi connectivity index (χ1) is 12.9. The summed E-state index contributed by atoms with van der Waals surface area (Å²) in [5.74, 6) is -0.380. The van der Waals surface area contributed by atoms with Crippen molar-refractivity contribution >= 4 is 29.3 Å². The Morgan fingerprint density at radius 1 is 1.19 bits per heavy atom. The Morgan fingerprint density at radius 3 is 2.48 bits per heavy atom. The van der Waals surface area contributed by atoms with Gasteiger partial charge in [-0.05, 0) is 30.2 Å². The molecule has 1 aliphatic heterocycles. The molecule has 1 aliphatic rings. The fraction of sp³-hybridized carbons (Fsp3) is 0.250. The van der Waals surface area contributed by atoms with Crippen molar-refractivity contribution in [3.8, 4) is 5.75 Å². The largest absolute Gasteiger partial charge is 0.495 e. The molecule has 3 amide bonds. The molecule has 3 rings (SSSR count). The van der Waals surface area contributed by atoms with Crippen molar-refractivity contribution in [2.75, 3.05) is 13.7 Å². The molecule has 2 aromatic carbocycles. The summed E-state index contributed by atoms with van der Waals surface area (Å²) in [6.07, 6.45) is 0.376. The van der Waals surface area contributed by atoms with Crippen LogP contribution in [0.2, 0.25) is 5.02 Å². The van der Waals surface area contributed by atoms with Crippen molar-refractivity contribution in [2.24, 2.45) is 0 Å². The zero-order valence-corrected chi connectivity index (χ0v) is 15.7. The van der Waals surface area contributed by atoms with Crippen LogP contribution in [-0.4, -0.2) is 36.3 Å². The first kappa shape index (κ1) is 18.9. The number of urea groups is 1. The number of ketones is 1. The third-order valence-electron chi connectivity index (χ3n) is 4.75. The van der Waals surface area contributed by atoms with Crippen LogP contribution in [0.1, 0.15) is 29.3 Å². The van der Waals surface area contributed by atoms with Gasteiger partial charge in [-0.2, -0.15) is 0 Å². The number of benzene rings is 2. The Labute approximate surface area is 162 Å². The van der Waals surface area contributed by atoms with Gasteiger partial charge in [0.2, 0.25) is 0 Å². The summed E-state index contributed by atoms with van der Waals surface area (Å²) in [4.78, 5) is 39.1. The topological polar surface area (TPSA) is 75.7 Å². The standard InChI is InChI=1S/C20H19ClN2O4/c1-3-20(14-7-5-4-6-8-14)18(25)23(19(26)22-20)12-16(24)13-9-10-17(27-2)15(21)11-13/h4-11H,3,12H2,1-2H3,(H,22,26)/t20-/m0/s1. The van der Waals surface area contributed by atoms with Crippen molar-refractivity contribution in [1.82, 2.24) is 10.2 Å². The molecule has 0 radical (unpaired) electrons. The molecule has 1 fully saturated rings. The molecule has 7 heteroatoms. The van der Waals surface area contributed by atoms with E-state index in [9.17, 15) is 14.4 Å². The summed E-state index contributed by atoms with van der Waals surface area (Å²) in [5, 5.41) is 3.04. The summed E-state index contributed by atoms with van der Waals surface area (Å²) in [6.45, 7) is 1.46. The maximum atomic E-state index is 13.0. The van der Waals surface area contributed by atoms with Gasteiger partial charge in [-0.1, -0.05) is 48.9 Å². The molecule has 1 atom stereocenters. The maximum Gasteiger partial charge on any atom is 0.325 e. The lowest BCUT2D eigenvalue weighted by Crippen LogP contribution is -2.43. The number of imide groups is 1. The number of ether oxygens (including phenoxy) is 1. The zero-order valence-electron chi connectivity index (χ0n) is 15.0. The van der Waals surface area contributed by atoms with Gasteiger partial charge in [0.1, 0.15) is 11.3 Å². The zero-order chi connectivity index (χ0) is 19.6. The third-order valence-corrected chi connectivity index (χ3v) is 5.04. The summed E-state index contributed by atoms with van der Waals surface area (Å²) >= 11 is 6.06. The van der Waals surface area contributed by atoms with Gasteiger partial charge in [-0.25, -0.2) is 4.79 Å². The number of carbonyl (C=O) groups is 3. The van der Waals surface area contributed by atoms with Gasteiger partial charge in [-0.3, -0.25) is 14.5 Å². The number of nitrogens with zero attached hydrogens (tertiary/aromatic N) is 1. The van der Waals surface area contributed by atoms with Gasteiger partial charge in [0.05, 0.1) is 18.7 Å². The lowest BCUT2D eigenvalue weighted by atomic mass is 9.87. The normalized spacial score (nSPS) is 19.1. The average Bonchev–Trinajstić information content (AvgIpc) is 2.93. The van der Waals surface area contributed by atoms with E-state index in [2.05, 4.69) is 5.32 Å². The number of Topliss-reactive ketones (excluding diaryl/α,β-unsaturated/α-hetero) is 1. The van der Waals surface area contributed by atoms with Crippen LogP contribution < -0.4 is 10.1 Å². The van der Waals surface area contributed by atoms with Gasteiger partial charge < -0.3 is 10.1 Å². The third kappa shape index (κ3) is 3.28. The fourth-order valence-electron chi connectivity index (χ4n) is 3.21. The van der Waals surface area contributed by atoms with Crippen molar-refractivity contribution in [2.45, 2.75) is 18.9 Å². The second kappa shape index (κ2) is 7.40. The van der Waals surface area contributed by atoms with Gasteiger partial charge in [0.25, 0.3) is 5.91 Å². The minimum absolute atomic E-state index is 0.285.